The van der Waals surface area contributed by atoms with Gasteiger partial charge >= 0.3 is 0 Å². The largest absolute Gasteiger partial charge is 0.492 e. The van der Waals surface area contributed by atoms with E-state index in [4.69, 9.17) is 10.5 Å². The summed E-state index contributed by atoms with van der Waals surface area (Å²) in [5.74, 6) is 0.916. The van der Waals surface area contributed by atoms with Gasteiger partial charge in [0.25, 0.3) is 0 Å². The lowest BCUT2D eigenvalue weighted by Gasteiger charge is -2.05. The maximum atomic E-state index is 5.37. The molecule has 1 rings (SSSR count). The van der Waals surface area contributed by atoms with Crippen LogP contribution in [0.25, 0.3) is 0 Å². The summed E-state index contributed by atoms with van der Waals surface area (Å²) >= 11 is 0. The van der Waals surface area contributed by atoms with Gasteiger partial charge in [-0.25, -0.2) is 0 Å². The summed E-state index contributed by atoms with van der Waals surface area (Å²) in [6.07, 6.45) is 1.04. The van der Waals surface area contributed by atoms with Crippen LogP contribution in [0.5, 0.6) is 5.75 Å². The molecule has 0 unspecified atom stereocenters. The summed E-state index contributed by atoms with van der Waals surface area (Å²) in [4.78, 5) is 0. The lowest BCUT2D eigenvalue weighted by atomic mass is 10.2. The standard InChI is InChI=1S/C10H15NO.C2H6/c1-2-9-4-3-5-10(8-9)12-7-6-11;1-2/h3-5,8H,2,6-7,11H2,1H3;1-2H3. The van der Waals surface area contributed by atoms with Crippen LogP contribution in [0.3, 0.4) is 0 Å². The normalized spacial score (nSPS) is 8.86. The number of hydrogen-bond acceptors (Lipinski definition) is 2. The summed E-state index contributed by atoms with van der Waals surface area (Å²) < 4.78 is 5.37. The molecule has 0 bridgehead atoms. The predicted molar refractivity (Wildman–Crippen MR) is 61.7 cm³/mol. The van der Waals surface area contributed by atoms with Crippen LogP contribution in [-0.4, -0.2) is 13.2 Å². The topological polar surface area (TPSA) is 35.2 Å². The van der Waals surface area contributed by atoms with Gasteiger partial charge in [0.15, 0.2) is 0 Å². The monoisotopic (exact) mass is 195 g/mol. The molecule has 1 aromatic rings. The van der Waals surface area contributed by atoms with E-state index >= 15 is 0 Å². The average molecular weight is 195 g/mol. The highest BCUT2D eigenvalue weighted by atomic mass is 16.5. The molecule has 2 nitrogen and oxygen atoms in total. The summed E-state index contributed by atoms with van der Waals surface area (Å²) in [6, 6.07) is 8.10. The van der Waals surface area contributed by atoms with Gasteiger partial charge in [-0.3, -0.25) is 0 Å². The van der Waals surface area contributed by atoms with Gasteiger partial charge in [0.2, 0.25) is 0 Å². The minimum atomic E-state index is 0.566. The Balaban J connectivity index is 0.000000791. The van der Waals surface area contributed by atoms with Crippen LogP contribution in [-0.2, 0) is 6.42 Å². The van der Waals surface area contributed by atoms with Crippen molar-refractivity contribution in [1.29, 1.82) is 0 Å². The molecule has 0 saturated carbocycles. The van der Waals surface area contributed by atoms with Crippen LogP contribution in [0.4, 0.5) is 0 Å². The van der Waals surface area contributed by atoms with Crippen LogP contribution < -0.4 is 10.5 Å². The third-order valence-electron chi connectivity index (χ3n) is 1.69. The Hall–Kier alpha value is -1.02. The molecule has 0 amide bonds. The van der Waals surface area contributed by atoms with E-state index in [1.165, 1.54) is 5.56 Å². The highest BCUT2D eigenvalue weighted by molar-refractivity contribution is 5.28. The third kappa shape index (κ3) is 4.87. The molecule has 14 heavy (non-hydrogen) atoms. The smallest absolute Gasteiger partial charge is 0.119 e. The van der Waals surface area contributed by atoms with E-state index in [1.807, 2.05) is 26.0 Å². The molecule has 2 heteroatoms. The molecule has 0 fully saturated rings. The van der Waals surface area contributed by atoms with E-state index in [2.05, 4.69) is 19.1 Å². The van der Waals surface area contributed by atoms with Crippen molar-refractivity contribution in [1.82, 2.24) is 0 Å². The molecule has 1 aromatic carbocycles. The van der Waals surface area contributed by atoms with E-state index < -0.39 is 0 Å². The number of aryl methyl sites for hydroxylation is 1. The van der Waals surface area contributed by atoms with E-state index in [9.17, 15) is 0 Å². The molecule has 0 saturated heterocycles. The van der Waals surface area contributed by atoms with Gasteiger partial charge in [0, 0.05) is 6.54 Å². The fourth-order valence-electron chi connectivity index (χ4n) is 1.03. The van der Waals surface area contributed by atoms with Crippen molar-refractivity contribution in [2.45, 2.75) is 27.2 Å². The molecule has 0 radical (unpaired) electrons. The Labute approximate surface area is 87.1 Å². The number of hydrogen-bond donors (Lipinski definition) is 1. The van der Waals surface area contributed by atoms with Crippen LogP contribution in [0.2, 0.25) is 0 Å². The fraction of sp³-hybridized carbons (Fsp3) is 0.500. The lowest BCUT2D eigenvalue weighted by molar-refractivity contribution is 0.328. The summed E-state index contributed by atoms with van der Waals surface area (Å²) in [7, 11) is 0. The molecule has 0 heterocycles. The van der Waals surface area contributed by atoms with Crippen LogP contribution >= 0.6 is 0 Å². The van der Waals surface area contributed by atoms with Gasteiger partial charge in [-0.1, -0.05) is 32.9 Å². The first kappa shape index (κ1) is 13.0. The zero-order valence-corrected chi connectivity index (χ0v) is 9.42. The molecule has 2 N–H and O–H groups in total. The van der Waals surface area contributed by atoms with E-state index in [-0.39, 0.29) is 0 Å². The van der Waals surface area contributed by atoms with Crippen LogP contribution in [0, 0.1) is 0 Å². The third-order valence-corrected chi connectivity index (χ3v) is 1.69. The Bertz CT molecular complexity index is 236. The lowest BCUT2D eigenvalue weighted by Crippen LogP contribution is -2.10. The van der Waals surface area contributed by atoms with E-state index in [0.717, 1.165) is 12.2 Å². The summed E-state index contributed by atoms with van der Waals surface area (Å²) in [5, 5.41) is 0. The maximum Gasteiger partial charge on any atom is 0.119 e. The first-order chi connectivity index (χ1) is 6.86. The Morgan fingerprint density at radius 2 is 2.00 bits per heavy atom. The molecular formula is C12H21NO. The van der Waals surface area contributed by atoms with Crippen molar-refractivity contribution in [2.24, 2.45) is 5.73 Å². The minimum absolute atomic E-state index is 0.566. The highest BCUT2D eigenvalue weighted by Crippen LogP contribution is 2.12. The van der Waals surface area contributed by atoms with E-state index in [1.54, 1.807) is 0 Å². The average Bonchev–Trinajstić information content (AvgIpc) is 2.29. The van der Waals surface area contributed by atoms with Crippen molar-refractivity contribution in [3.8, 4) is 5.75 Å². The maximum absolute atomic E-state index is 5.37. The fourth-order valence-corrected chi connectivity index (χ4v) is 1.03. The second-order valence-electron chi connectivity index (χ2n) is 2.64. The molecule has 0 aliphatic rings. The van der Waals surface area contributed by atoms with Gasteiger partial charge in [-0.2, -0.15) is 0 Å². The number of rotatable bonds is 4. The SMILES string of the molecule is CC.CCc1cccc(OCCN)c1. The predicted octanol–water partition coefficient (Wildman–Crippen LogP) is 2.61. The Morgan fingerprint density at radius 3 is 2.57 bits per heavy atom. The molecule has 0 atom stereocenters. The first-order valence-electron chi connectivity index (χ1n) is 5.28. The van der Waals surface area contributed by atoms with E-state index in [0.29, 0.717) is 13.2 Å². The highest BCUT2D eigenvalue weighted by Gasteiger charge is 1.93. The molecule has 0 spiro atoms. The van der Waals surface area contributed by atoms with Crippen LogP contribution in [0.15, 0.2) is 24.3 Å². The molecule has 0 aliphatic carbocycles. The number of benzene rings is 1. The van der Waals surface area contributed by atoms with Gasteiger partial charge in [0.1, 0.15) is 12.4 Å². The minimum Gasteiger partial charge on any atom is -0.492 e. The van der Waals surface area contributed by atoms with Gasteiger partial charge in [-0.05, 0) is 24.1 Å². The zero-order valence-electron chi connectivity index (χ0n) is 9.42. The van der Waals surface area contributed by atoms with Crippen molar-refractivity contribution in [3.05, 3.63) is 29.8 Å². The molecule has 0 aliphatic heterocycles. The van der Waals surface area contributed by atoms with Gasteiger partial charge in [-0.15, -0.1) is 0 Å². The quantitative estimate of drug-likeness (QED) is 0.801. The Morgan fingerprint density at radius 1 is 1.29 bits per heavy atom. The molecular weight excluding hydrogens is 174 g/mol. The molecule has 0 aromatic heterocycles. The van der Waals surface area contributed by atoms with Crippen molar-refractivity contribution < 1.29 is 4.74 Å². The van der Waals surface area contributed by atoms with Crippen LogP contribution in [0.1, 0.15) is 26.3 Å². The second kappa shape index (κ2) is 8.57. The second-order valence-corrected chi connectivity index (χ2v) is 2.64. The summed E-state index contributed by atoms with van der Waals surface area (Å²) in [5.41, 5.74) is 6.62. The van der Waals surface area contributed by atoms with Gasteiger partial charge < -0.3 is 10.5 Å². The van der Waals surface area contributed by atoms with Crippen molar-refractivity contribution >= 4 is 0 Å². The van der Waals surface area contributed by atoms with Gasteiger partial charge in [0.05, 0.1) is 0 Å². The number of nitrogens with two attached hydrogens (primary N) is 1. The van der Waals surface area contributed by atoms with Crippen molar-refractivity contribution in [2.75, 3.05) is 13.2 Å². The first-order valence-corrected chi connectivity index (χ1v) is 5.28. The molecule has 80 valence electrons. The van der Waals surface area contributed by atoms with Crippen molar-refractivity contribution in [3.63, 3.8) is 0 Å². The summed E-state index contributed by atoms with van der Waals surface area (Å²) in [6.45, 7) is 7.28. The Kier molecular flexibility index (Phi) is 7.95. The zero-order chi connectivity index (χ0) is 10.8. The number of ether oxygens (including phenoxy) is 1.